The van der Waals surface area contributed by atoms with Crippen LogP contribution in [-0.2, 0) is 4.74 Å². The molecule has 5 heteroatoms. The van der Waals surface area contributed by atoms with Crippen molar-refractivity contribution < 1.29 is 9.53 Å². The second-order valence-corrected chi connectivity index (χ2v) is 4.19. The lowest BCUT2D eigenvalue weighted by Crippen LogP contribution is -2.21. The van der Waals surface area contributed by atoms with Gasteiger partial charge in [0, 0.05) is 24.5 Å². The Kier molecular flexibility index (Phi) is 3.49. The van der Waals surface area contributed by atoms with Gasteiger partial charge in [0.1, 0.15) is 0 Å². The molecule has 2 rings (SSSR count). The first-order valence-electron chi connectivity index (χ1n) is 5.71. The minimum absolute atomic E-state index is 0.216. The summed E-state index contributed by atoms with van der Waals surface area (Å²) < 4.78 is 5.50. The molecule has 0 aromatic heterocycles. The smallest absolute Gasteiger partial charge is 0.250 e. The maximum atomic E-state index is 11.3. The Labute approximate surface area is 100 Å². The van der Waals surface area contributed by atoms with Crippen molar-refractivity contribution >= 4 is 17.3 Å². The number of carbonyl (C=O) groups excluding carboxylic acids is 1. The van der Waals surface area contributed by atoms with Crippen LogP contribution in [0.25, 0.3) is 0 Å². The molecule has 1 saturated heterocycles. The van der Waals surface area contributed by atoms with Crippen molar-refractivity contribution in [3.05, 3.63) is 23.8 Å². The summed E-state index contributed by atoms with van der Waals surface area (Å²) in [5.74, 6) is -0.479. The minimum Gasteiger partial charge on any atom is -0.399 e. The van der Waals surface area contributed by atoms with Gasteiger partial charge in [0.2, 0.25) is 0 Å². The van der Waals surface area contributed by atoms with Crippen molar-refractivity contribution in [1.29, 1.82) is 0 Å². The van der Waals surface area contributed by atoms with Gasteiger partial charge in [-0.25, -0.2) is 0 Å². The van der Waals surface area contributed by atoms with E-state index < -0.39 is 5.91 Å². The van der Waals surface area contributed by atoms with E-state index in [2.05, 4.69) is 5.32 Å². The molecule has 5 N–H and O–H groups in total. The van der Waals surface area contributed by atoms with Crippen LogP contribution in [-0.4, -0.2) is 25.2 Å². The van der Waals surface area contributed by atoms with Gasteiger partial charge in [-0.05, 0) is 31.0 Å². The van der Waals surface area contributed by atoms with Gasteiger partial charge in [0.05, 0.1) is 11.7 Å². The first-order valence-corrected chi connectivity index (χ1v) is 5.71. The fourth-order valence-corrected chi connectivity index (χ4v) is 1.95. The van der Waals surface area contributed by atoms with Crippen LogP contribution in [0.1, 0.15) is 23.2 Å². The van der Waals surface area contributed by atoms with Gasteiger partial charge in [-0.15, -0.1) is 0 Å². The Morgan fingerprint density at radius 1 is 1.53 bits per heavy atom. The zero-order valence-electron chi connectivity index (χ0n) is 9.61. The SMILES string of the molecule is NC(=O)c1cc(N)ccc1NCC1CCCO1. The van der Waals surface area contributed by atoms with E-state index in [0.29, 0.717) is 23.5 Å². The fraction of sp³-hybridized carbons (Fsp3) is 0.417. The normalized spacial score (nSPS) is 19.2. The van der Waals surface area contributed by atoms with Crippen LogP contribution in [0.4, 0.5) is 11.4 Å². The maximum absolute atomic E-state index is 11.3. The van der Waals surface area contributed by atoms with Crippen molar-refractivity contribution in [3.8, 4) is 0 Å². The summed E-state index contributed by atoms with van der Waals surface area (Å²) >= 11 is 0. The molecular formula is C12H17N3O2. The van der Waals surface area contributed by atoms with Gasteiger partial charge >= 0.3 is 0 Å². The van der Waals surface area contributed by atoms with Crippen LogP contribution in [0.2, 0.25) is 0 Å². The molecule has 1 amide bonds. The van der Waals surface area contributed by atoms with E-state index in [1.807, 2.05) is 0 Å². The summed E-state index contributed by atoms with van der Waals surface area (Å²) in [5, 5.41) is 3.18. The number of anilines is 2. The molecule has 5 nitrogen and oxygen atoms in total. The van der Waals surface area contributed by atoms with Gasteiger partial charge < -0.3 is 21.5 Å². The Morgan fingerprint density at radius 2 is 2.35 bits per heavy atom. The molecule has 0 bridgehead atoms. The number of primary amides is 1. The summed E-state index contributed by atoms with van der Waals surface area (Å²) in [5.41, 5.74) is 12.6. The van der Waals surface area contributed by atoms with Crippen LogP contribution in [0.15, 0.2) is 18.2 Å². The third-order valence-corrected chi connectivity index (χ3v) is 2.85. The van der Waals surface area contributed by atoms with E-state index in [-0.39, 0.29) is 6.10 Å². The molecule has 1 unspecified atom stereocenters. The largest absolute Gasteiger partial charge is 0.399 e. The van der Waals surface area contributed by atoms with E-state index in [4.69, 9.17) is 16.2 Å². The number of ether oxygens (including phenoxy) is 1. The highest BCUT2D eigenvalue weighted by atomic mass is 16.5. The summed E-state index contributed by atoms with van der Waals surface area (Å²) in [4.78, 5) is 11.3. The van der Waals surface area contributed by atoms with Crippen LogP contribution < -0.4 is 16.8 Å². The van der Waals surface area contributed by atoms with E-state index in [9.17, 15) is 4.79 Å². The van der Waals surface area contributed by atoms with Crippen LogP contribution in [0.5, 0.6) is 0 Å². The number of rotatable bonds is 4. The maximum Gasteiger partial charge on any atom is 0.250 e. The number of amides is 1. The predicted octanol–water partition coefficient (Wildman–Crippen LogP) is 0.959. The first kappa shape index (κ1) is 11.7. The van der Waals surface area contributed by atoms with E-state index in [1.54, 1.807) is 18.2 Å². The van der Waals surface area contributed by atoms with Gasteiger partial charge in [0.15, 0.2) is 0 Å². The number of nitrogens with one attached hydrogen (secondary N) is 1. The average molecular weight is 235 g/mol. The van der Waals surface area contributed by atoms with Crippen molar-refractivity contribution in [2.24, 2.45) is 5.73 Å². The van der Waals surface area contributed by atoms with Gasteiger partial charge in [-0.2, -0.15) is 0 Å². The summed E-state index contributed by atoms with van der Waals surface area (Å²) in [6.07, 6.45) is 2.36. The second kappa shape index (κ2) is 5.05. The standard InChI is InChI=1S/C12H17N3O2/c13-8-3-4-11(10(6-8)12(14)16)15-7-9-2-1-5-17-9/h3-4,6,9,15H,1-2,5,7,13H2,(H2,14,16). The van der Waals surface area contributed by atoms with Crippen LogP contribution >= 0.6 is 0 Å². The Bertz CT molecular complexity index is 414. The topological polar surface area (TPSA) is 90.4 Å². The molecular weight excluding hydrogens is 218 g/mol. The van der Waals surface area contributed by atoms with Crippen molar-refractivity contribution in [3.63, 3.8) is 0 Å². The Morgan fingerprint density at radius 3 is 3.00 bits per heavy atom. The quantitative estimate of drug-likeness (QED) is 0.678. The number of hydrogen-bond donors (Lipinski definition) is 3. The van der Waals surface area contributed by atoms with Gasteiger partial charge in [-0.1, -0.05) is 0 Å². The highest BCUT2D eigenvalue weighted by Crippen LogP contribution is 2.20. The molecule has 92 valence electrons. The molecule has 17 heavy (non-hydrogen) atoms. The number of nitrogens with two attached hydrogens (primary N) is 2. The molecule has 1 aromatic rings. The lowest BCUT2D eigenvalue weighted by atomic mass is 10.1. The monoisotopic (exact) mass is 235 g/mol. The van der Waals surface area contributed by atoms with Crippen LogP contribution in [0, 0.1) is 0 Å². The highest BCUT2D eigenvalue weighted by Gasteiger charge is 2.16. The van der Waals surface area contributed by atoms with Crippen molar-refractivity contribution in [2.45, 2.75) is 18.9 Å². The van der Waals surface area contributed by atoms with Crippen molar-refractivity contribution in [2.75, 3.05) is 24.2 Å². The summed E-state index contributed by atoms with van der Waals surface area (Å²) in [6, 6.07) is 5.09. The molecule has 1 atom stereocenters. The zero-order valence-corrected chi connectivity index (χ0v) is 9.61. The molecule has 1 aliphatic rings. The van der Waals surface area contributed by atoms with Gasteiger partial charge in [0.25, 0.3) is 5.91 Å². The number of hydrogen-bond acceptors (Lipinski definition) is 4. The fourth-order valence-electron chi connectivity index (χ4n) is 1.95. The predicted molar refractivity (Wildman–Crippen MR) is 66.8 cm³/mol. The number of nitrogen functional groups attached to an aromatic ring is 1. The van der Waals surface area contributed by atoms with E-state index >= 15 is 0 Å². The average Bonchev–Trinajstić information content (AvgIpc) is 2.80. The summed E-state index contributed by atoms with van der Waals surface area (Å²) in [7, 11) is 0. The molecule has 0 aliphatic carbocycles. The number of carbonyl (C=O) groups is 1. The molecule has 1 aromatic carbocycles. The summed E-state index contributed by atoms with van der Waals surface area (Å²) in [6.45, 7) is 1.50. The molecule has 1 heterocycles. The van der Waals surface area contributed by atoms with Gasteiger partial charge in [-0.3, -0.25) is 4.79 Å². The van der Waals surface area contributed by atoms with Crippen LogP contribution in [0.3, 0.4) is 0 Å². The lowest BCUT2D eigenvalue weighted by molar-refractivity contribution is 0.100. The van der Waals surface area contributed by atoms with E-state index in [1.165, 1.54) is 0 Å². The molecule has 0 spiro atoms. The molecule has 0 radical (unpaired) electrons. The minimum atomic E-state index is -0.479. The first-order chi connectivity index (χ1) is 8.16. The second-order valence-electron chi connectivity index (χ2n) is 4.19. The molecule has 1 fully saturated rings. The Balaban J connectivity index is 2.06. The third-order valence-electron chi connectivity index (χ3n) is 2.85. The zero-order chi connectivity index (χ0) is 12.3. The molecule has 0 saturated carbocycles. The van der Waals surface area contributed by atoms with Crippen molar-refractivity contribution in [1.82, 2.24) is 0 Å². The lowest BCUT2D eigenvalue weighted by Gasteiger charge is -2.14. The third kappa shape index (κ3) is 2.88. The molecule has 1 aliphatic heterocycles. The highest BCUT2D eigenvalue weighted by molar-refractivity contribution is 5.99. The Hall–Kier alpha value is -1.75. The number of benzene rings is 1. The van der Waals surface area contributed by atoms with E-state index in [0.717, 1.165) is 19.4 Å².